The zero-order valence-corrected chi connectivity index (χ0v) is 16.9. The monoisotopic (exact) mass is 389 g/mol. The number of carbonyl (C=O) groups is 1. The van der Waals surface area contributed by atoms with Gasteiger partial charge in [0.2, 0.25) is 11.1 Å². The predicted molar refractivity (Wildman–Crippen MR) is 105 cm³/mol. The zero-order chi connectivity index (χ0) is 19.0. The summed E-state index contributed by atoms with van der Waals surface area (Å²) in [5.41, 5.74) is 4.57. The Hall–Kier alpha value is -2.12. The van der Waals surface area contributed by atoms with Crippen molar-refractivity contribution in [2.75, 3.05) is 5.32 Å². The van der Waals surface area contributed by atoms with Gasteiger partial charge in [-0.15, -0.1) is 5.10 Å². The summed E-state index contributed by atoms with van der Waals surface area (Å²) in [6, 6.07) is 5.44. The molecule has 6 nitrogen and oxygen atoms in total. The van der Waals surface area contributed by atoms with Crippen LogP contribution < -0.4 is 5.32 Å². The predicted octanol–water partition coefficient (Wildman–Crippen LogP) is 4.13. The van der Waals surface area contributed by atoms with Gasteiger partial charge in [-0.2, -0.15) is 4.98 Å². The van der Waals surface area contributed by atoms with Crippen LogP contribution in [0.2, 0.25) is 5.02 Å². The Morgan fingerprint density at radius 1 is 1.19 bits per heavy atom. The normalized spacial score (nSPS) is 12.4. The number of nitrogens with zero attached hydrogens (tertiary/aromatic N) is 4. The molecule has 0 saturated heterocycles. The van der Waals surface area contributed by atoms with E-state index in [1.807, 2.05) is 46.8 Å². The van der Waals surface area contributed by atoms with Gasteiger partial charge in [0.1, 0.15) is 0 Å². The number of hydrogen-bond donors (Lipinski definition) is 1. The van der Waals surface area contributed by atoms with Crippen molar-refractivity contribution < 1.29 is 4.79 Å². The highest BCUT2D eigenvalue weighted by molar-refractivity contribution is 8.00. The summed E-state index contributed by atoms with van der Waals surface area (Å²) < 4.78 is 1.72. The molecule has 136 valence electrons. The second-order valence-corrected chi connectivity index (χ2v) is 7.89. The van der Waals surface area contributed by atoms with Crippen LogP contribution in [0.3, 0.4) is 0 Å². The van der Waals surface area contributed by atoms with Gasteiger partial charge in [-0.3, -0.25) is 4.79 Å². The number of fused-ring (bicyclic) bond motifs is 1. The molecule has 0 spiro atoms. The molecular formula is C18H20ClN5OS. The van der Waals surface area contributed by atoms with Crippen LogP contribution in [0.5, 0.6) is 0 Å². The molecule has 2 heterocycles. The average Bonchev–Trinajstić information content (AvgIpc) is 2.99. The summed E-state index contributed by atoms with van der Waals surface area (Å²) in [6.45, 7) is 9.64. The lowest BCUT2D eigenvalue weighted by Crippen LogP contribution is -2.23. The fraction of sp³-hybridized carbons (Fsp3) is 0.333. The third kappa shape index (κ3) is 3.54. The lowest BCUT2D eigenvalue weighted by molar-refractivity contribution is -0.115. The molecule has 0 aliphatic carbocycles. The summed E-state index contributed by atoms with van der Waals surface area (Å²) in [4.78, 5) is 21.4. The summed E-state index contributed by atoms with van der Waals surface area (Å²) in [7, 11) is 0. The highest BCUT2D eigenvalue weighted by Gasteiger charge is 2.19. The van der Waals surface area contributed by atoms with Crippen molar-refractivity contribution in [3.05, 3.63) is 45.7 Å². The van der Waals surface area contributed by atoms with Gasteiger partial charge < -0.3 is 5.32 Å². The maximum absolute atomic E-state index is 12.5. The Kier molecular flexibility index (Phi) is 5.20. The SMILES string of the molecule is Cc1nc2nc(SC(C)C(=O)Nc3cccc(Cl)c3C)nn2c(C)c1C. The molecule has 1 N–H and O–H groups in total. The molecule has 0 saturated carbocycles. The third-order valence-corrected chi connectivity index (χ3v) is 5.78. The first-order valence-corrected chi connectivity index (χ1v) is 9.47. The lowest BCUT2D eigenvalue weighted by atomic mass is 10.2. The summed E-state index contributed by atoms with van der Waals surface area (Å²) in [5.74, 6) is 0.419. The Bertz CT molecular complexity index is 1000. The molecular weight excluding hydrogens is 370 g/mol. The van der Waals surface area contributed by atoms with Gasteiger partial charge in [-0.05, 0) is 57.9 Å². The van der Waals surface area contributed by atoms with E-state index >= 15 is 0 Å². The van der Waals surface area contributed by atoms with Crippen molar-refractivity contribution >= 4 is 40.7 Å². The van der Waals surface area contributed by atoms with E-state index in [-0.39, 0.29) is 11.2 Å². The van der Waals surface area contributed by atoms with Gasteiger partial charge in [0.25, 0.3) is 5.78 Å². The number of halogens is 1. The Balaban J connectivity index is 1.78. The molecule has 0 radical (unpaired) electrons. The fourth-order valence-corrected chi connectivity index (χ4v) is 3.40. The number of hydrogen-bond acceptors (Lipinski definition) is 5. The number of aromatic nitrogens is 4. The number of amides is 1. The summed E-state index contributed by atoms with van der Waals surface area (Å²) >= 11 is 7.40. The molecule has 0 aliphatic heterocycles. The quantitative estimate of drug-likeness (QED) is 0.679. The van der Waals surface area contributed by atoms with Crippen LogP contribution in [0.1, 0.15) is 29.4 Å². The molecule has 2 aromatic heterocycles. The standard InChI is InChI=1S/C18H20ClN5OS/c1-9-11(3)20-17-22-18(23-24(17)12(9)4)26-13(5)16(25)21-15-8-6-7-14(19)10(15)2/h6-8,13H,1-5H3,(H,21,25). The number of rotatable bonds is 4. The molecule has 1 unspecified atom stereocenters. The average molecular weight is 390 g/mol. The topological polar surface area (TPSA) is 72.2 Å². The minimum Gasteiger partial charge on any atom is -0.325 e. The first-order valence-electron chi connectivity index (χ1n) is 8.21. The first kappa shape index (κ1) is 18.7. The van der Waals surface area contributed by atoms with Crippen LogP contribution in [0, 0.1) is 27.7 Å². The van der Waals surface area contributed by atoms with Crippen molar-refractivity contribution in [2.24, 2.45) is 0 Å². The van der Waals surface area contributed by atoms with Crippen molar-refractivity contribution in [3.8, 4) is 0 Å². The fourth-order valence-electron chi connectivity index (χ4n) is 2.48. The van der Waals surface area contributed by atoms with E-state index in [4.69, 9.17) is 11.6 Å². The summed E-state index contributed by atoms with van der Waals surface area (Å²) in [6.07, 6.45) is 0. The Labute approximate surface area is 161 Å². The van der Waals surface area contributed by atoms with Crippen LogP contribution >= 0.6 is 23.4 Å². The second kappa shape index (κ2) is 7.25. The van der Waals surface area contributed by atoms with Crippen molar-refractivity contribution in [1.82, 2.24) is 19.6 Å². The van der Waals surface area contributed by atoms with Gasteiger partial charge in [0.05, 0.1) is 5.25 Å². The zero-order valence-electron chi connectivity index (χ0n) is 15.3. The minimum atomic E-state index is -0.367. The van der Waals surface area contributed by atoms with E-state index in [1.54, 1.807) is 10.6 Å². The Morgan fingerprint density at radius 2 is 1.92 bits per heavy atom. The second-order valence-electron chi connectivity index (χ2n) is 6.18. The molecule has 0 fully saturated rings. The number of nitrogens with one attached hydrogen (secondary N) is 1. The Morgan fingerprint density at radius 3 is 2.65 bits per heavy atom. The molecule has 1 amide bonds. The van der Waals surface area contributed by atoms with Gasteiger partial charge in [0, 0.05) is 22.1 Å². The van der Waals surface area contributed by atoms with Crippen molar-refractivity contribution in [2.45, 2.75) is 45.0 Å². The molecule has 0 bridgehead atoms. The molecule has 1 atom stereocenters. The summed E-state index contributed by atoms with van der Waals surface area (Å²) in [5, 5.41) is 8.17. The number of anilines is 1. The maximum atomic E-state index is 12.5. The number of aryl methyl sites for hydroxylation is 2. The highest BCUT2D eigenvalue weighted by atomic mass is 35.5. The van der Waals surface area contributed by atoms with E-state index in [1.165, 1.54) is 11.8 Å². The molecule has 26 heavy (non-hydrogen) atoms. The van der Waals surface area contributed by atoms with Crippen LogP contribution in [-0.4, -0.2) is 30.7 Å². The molecule has 0 aliphatic rings. The molecule has 1 aromatic carbocycles. The van der Waals surface area contributed by atoms with E-state index in [9.17, 15) is 4.79 Å². The number of benzene rings is 1. The highest BCUT2D eigenvalue weighted by Crippen LogP contribution is 2.26. The van der Waals surface area contributed by atoms with Gasteiger partial charge >= 0.3 is 0 Å². The van der Waals surface area contributed by atoms with Gasteiger partial charge in [-0.25, -0.2) is 9.50 Å². The van der Waals surface area contributed by atoms with E-state index in [0.717, 1.165) is 22.5 Å². The van der Waals surface area contributed by atoms with Crippen LogP contribution in [0.25, 0.3) is 5.78 Å². The third-order valence-electron chi connectivity index (χ3n) is 4.42. The molecule has 8 heteroatoms. The van der Waals surface area contributed by atoms with Crippen LogP contribution in [0.15, 0.2) is 23.4 Å². The van der Waals surface area contributed by atoms with Crippen LogP contribution in [-0.2, 0) is 4.79 Å². The van der Waals surface area contributed by atoms with Crippen LogP contribution in [0.4, 0.5) is 5.69 Å². The number of carbonyl (C=O) groups excluding carboxylic acids is 1. The van der Waals surface area contributed by atoms with Crippen molar-refractivity contribution in [3.63, 3.8) is 0 Å². The number of thioether (sulfide) groups is 1. The maximum Gasteiger partial charge on any atom is 0.253 e. The lowest BCUT2D eigenvalue weighted by Gasteiger charge is -2.12. The van der Waals surface area contributed by atoms with Crippen molar-refractivity contribution in [1.29, 1.82) is 0 Å². The van der Waals surface area contributed by atoms with E-state index in [0.29, 0.717) is 21.6 Å². The minimum absolute atomic E-state index is 0.128. The molecule has 3 aromatic rings. The first-order chi connectivity index (χ1) is 12.3. The smallest absolute Gasteiger partial charge is 0.253 e. The van der Waals surface area contributed by atoms with Gasteiger partial charge in [-0.1, -0.05) is 29.4 Å². The van der Waals surface area contributed by atoms with E-state index in [2.05, 4.69) is 20.4 Å². The molecule has 3 rings (SSSR count). The van der Waals surface area contributed by atoms with Gasteiger partial charge in [0.15, 0.2) is 0 Å². The largest absolute Gasteiger partial charge is 0.325 e. The van der Waals surface area contributed by atoms with E-state index < -0.39 is 0 Å².